The van der Waals surface area contributed by atoms with Crippen molar-refractivity contribution in [3.63, 3.8) is 0 Å². The largest absolute Gasteiger partial charge is 0.382 e. The average Bonchev–Trinajstić information content (AvgIpc) is 3.93. The lowest BCUT2D eigenvalue weighted by Crippen LogP contribution is -2.62. The number of rotatable bonds is 19. The van der Waals surface area contributed by atoms with E-state index in [1.54, 1.807) is 69.1 Å². The van der Waals surface area contributed by atoms with Gasteiger partial charge in [-0.1, -0.05) is 133 Å². The van der Waals surface area contributed by atoms with Crippen molar-refractivity contribution in [2.24, 2.45) is 10.8 Å². The molecular weight excluding hydrogens is 999 g/mol. The summed E-state index contributed by atoms with van der Waals surface area (Å²) in [5.41, 5.74) is 4.51. The second kappa shape index (κ2) is 25.9. The van der Waals surface area contributed by atoms with Crippen LogP contribution in [-0.2, 0) is 59.4 Å². The predicted molar refractivity (Wildman–Crippen MR) is 304 cm³/mol. The number of hydrogen-bond donors (Lipinski definition) is 6. The lowest BCUT2D eigenvalue weighted by molar-refractivity contribution is -0.153. The Labute approximate surface area is 466 Å². The van der Waals surface area contributed by atoms with E-state index in [4.69, 9.17) is 4.74 Å². The molecular formula is C62H83N9O8. The fourth-order valence-electron chi connectivity index (χ4n) is 11.0. The van der Waals surface area contributed by atoms with E-state index in [2.05, 4.69) is 38.0 Å². The first-order valence-electron chi connectivity index (χ1n) is 27.8. The first-order valence-corrected chi connectivity index (χ1v) is 27.8. The fraction of sp³-hybridized carbons (Fsp3) is 0.500. The summed E-state index contributed by atoms with van der Waals surface area (Å²) in [4.78, 5) is 106. The number of amides is 7. The maximum Gasteiger partial charge on any atom is 0.251 e. The lowest BCUT2D eigenvalue weighted by Gasteiger charge is -2.43. The summed E-state index contributed by atoms with van der Waals surface area (Å²) in [6, 6.07) is 26.0. The molecule has 4 aromatic carbocycles. The number of hydrogen-bond acceptors (Lipinski definition) is 10. The minimum Gasteiger partial charge on any atom is -0.382 e. The van der Waals surface area contributed by atoms with Crippen molar-refractivity contribution in [1.82, 2.24) is 46.6 Å². The van der Waals surface area contributed by atoms with Crippen molar-refractivity contribution in [2.45, 2.75) is 155 Å². The minimum absolute atomic E-state index is 0.0343. The highest BCUT2D eigenvalue weighted by Crippen LogP contribution is 2.34. The van der Waals surface area contributed by atoms with Gasteiger partial charge in [0.2, 0.25) is 35.4 Å². The van der Waals surface area contributed by atoms with Gasteiger partial charge in [0, 0.05) is 44.8 Å². The Hall–Kier alpha value is -6.95. The van der Waals surface area contributed by atoms with Gasteiger partial charge in [0.15, 0.2) is 0 Å². The third-order valence-electron chi connectivity index (χ3n) is 15.9. The molecule has 4 aromatic rings. The molecule has 17 heteroatoms. The summed E-state index contributed by atoms with van der Waals surface area (Å²) in [5, 5.41) is 18.2. The zero-order valence-corrected chi connectivity index (χ0v) is 48.0. The molecule has 2 heterocycles. The molecule has 3 aliphatic rings. The van der Waals surface area contributed by atoms with Crippen LogP contribution in [0.3, 0.4) is 0 Å². The quantitative estimate of drug-likeness (QED) is 0.0692. The van der Waals surface area contributed by atoms with E-state index in [1.165, 1.54) is 10.5 Å². The average molecular weight is 1080 g/mol. The summed E-state index contributed by atoms with van der Waals surface area (Å²) in [7, 11) is 4.93. The van der Waals surface area contributed by atoms with Crippen molar-refractivity contribution in [3.05, 3.63) is 142 Å². The molecule has 79 heavy (non-hydrogen) atoms. The van der Waals surface area contributed by atoms with Gasteiger partial charge in [-0.05, 0) is 110 Å². The van der Waals surface area contributed by atoms with Crippen molar-refractivity contribution in [3.8, 4) is 0 Å². The van der Waals surface area contributed by atoms with Crippen LogP contribution >= 0.6 is 0 Å². The maximum atomic E-state index is 15.7. The Morgan fingerprint density at radius 1 is 0.671 bits per heavy atom. The zero-order valence-electron chi connectivity index (χ0n) is 48.0. The molecule has 7 rings (SSSR count). The van der Waals surface area contributed by atoms with Gasteiger partial charge in [0.25, 0.3) is 5.91 Å². The molecule has 0 radical (unpaired) electrons. The molecule has 0 saturated carbocycles. The second-order valence-electron chi connectivity index (χ2n) is 23.7. The molecule has 0 bridgehead atoms. The molecule has 2 aliphatic heterocycles. The Kier molecular flexibility index (Phi) is 19.6. The maximum absolute atomic E-state index is 15.7. The number of nitrogens with one attached hydrogen (secondary N) is 6. The van der Waals surface area contributed by atoms with E-state index in [1.807, 2.05) is 114 Å². The zero-order chi connectivity index (χ0) is 57.3. The van der Waals surface area contributed by atoms with Crippen molar-refractivity contribution < 1.29 is 38.3 Å². The molecule has 1 unspecified atom stereocenters. The second-order valence-corrected chi connectivity index (χ2v) is 23.7. The van der Waals surface area contributed by atoms with E-state index in [0.29, 0.717) is 11.1 Å². The van der Waals surface area contributed by atoms with Gasteiger partial charge in [-0.2, -0.15) is 0 Å². The Morgan fingerprint density at radius 2 is 1.23 bits per heavy atom. The Morgan fingerprint density at radius 3 is 1.81 bits per heavy atom. The number of carbonyl (C=O) groups excluding carboxylic acids is 7. The van der Waals surface area contributed by atoms with Gasteiger partial charge in [-0.15, -0.1) is 0 Å². The number of aryl methyl sites for hydroxylation is 1. The normalized spacial score (nSPS) is 20.0. The van der Waals surface area contributed by atoms with Crippen LogP contribution in [0.4, 0.5) is 0 Å². The monoisotopic (exact) mass is 1080 g/mol. The summed E-state index contributed by atoms with van der Waals surface area (Å²) in [6.07, 6.45) is 2.95. The van der Waals surface area contributed by atoms with Crippen LogP contribution < -0.4 is 31.9 Å². The molecule has 1 fully saturated rings. The highest BCUT2D eigenvalue weighted by molar-refractivity contribution is 5.97. The highest BCUT2D eigenvalue weighted by atomic mass is 16.5. The van der Waals surface area contributed by atoms with Crippen LogP contribution in [0.25, 0.3) is 0 Å². The third kappa shape index (κ3) is 14.3. The van der Waals surface area contributed by atoms with Crippen molar-refractivity contribution >= 4 is 41.4 Å². The molecule has 424 valence electrons. The van der Waals surface area contributed by atoms with E-state index in [-0.39, 0.29) is 74.7 Å². The highest BCUT2D eigenvalue weighted by Gasteiger charge is 2.47. The fourth-order valence-corrected chi connectivity index (χ4v) is 11.0. The van der Waals surface area contributed by atoms with Gasteiger partial charge in [0.1, 0.15) is 24.2 Å². The number of methoxy groups -OCH3 is 1. The number of likely N-dealkylation sites (tertiary alicyclic amines) is 1. The van der Waals surface area contributed by atoms with Gasteiger partial charge in [-0.25, -0.2) is 0 Å². The topological polar surface area (TPSA) is 211 Å². The number of benzene rings is 4. The van der Waals surface area contributed by atoms with Crippen LogP contribution in [0.1, 0.15) is 130 Å². The molecule has 6 N–H and O–H groups in total. The van der Waals surface area contributed by atoms with Crippen LogP contribution in [0.2, 0.25) is 0 Å². The van der Waals surface area contributed by atoms with Crippen molar-refractivity contribution in [2.75, 3.05) is 34.4 Å². The van der Waals surface area contributed by atoms with Crippen molar-refractivity contribution in [1.29, 1.82) is 0 Å². The predicted octanol–water partition coefficient (Wildman–Crippen LogP) is 5.53. The number of carbonyl (C=O) groups is 7. The van der Waals surface area contributed by atoms with Crippen LogP contribution in [0, 0.1) is 10.8 Å². The number of nitrogens with zero attached hydrogens (tertiary/aromatic N) is 3. The minimum atomic E-state index is -0.974. The summed E-state index contributed by atoms with van der Waals surface area (Å²) in [6.45, 7) is 15.1. The number of likely N-dealkylation sites (N-methyl/N-ethyl adjacent to an activating group) is 2. The van der Waals surface area contributed by atoms with Crippen LogP contribution in [0.5, 0.6) is 0 Å². The van der Waals surface area contributed by atoms with Crippen LogP contribution in [0.15, 0.2) is 103 Å². The first-order chi connectivity index (χ1) is 37.5. The molecule has 0 spiro atoms. The smallest absolute Gasteiger partial charge is 0.251 e. The first kappa shape index (κ1) is 59.7. The van der Waals surface area contributed by atoms with E-state index >= 15 is 9.59 Å². The number of ether oxygens (including phenoxy) is 1. The standard InChI is InChI=1S/C62H83N9O8/c1-38(63-9)54(72)67-52(61(3,4)5)59(77)70-35-45-24-16-15-23-44(45)32-50(70)58(76)69(51(37-79-11)42-21-13-12-14-22-42)34-40-28-30-43(31-29-40)56(74)65-46-33-49(57(75)66-48-27-19-25-41-20-17-18-26-47(41)48)71(36-46)60(78)53(62(6,7)8)68-55(73)39(2)64-10/h12-18,20-24,26,28-31,38-39,46,48-53,63-64H,19,25,27,32-37H2,1-11H3,(H,65,74)(H,66,75)(H,67,72)(H,68,73)/t38-,39-,46-,48+,49-,50-,51-,52?,53+/m0/s1. The van der Waals surface area contributed by atoms with Gasteiger partial charge in [0.05, 0.1) is 30.8 Å². The van der Waals surface area contributed by atoms with Gasteiger partial charge < -0.3 is 51.3 Å². The van der Waals surface area contributed by atoms with Crippen LogP contribution in [-0.4, -0.2) is 133 Å². The molecule has 0 aromatic heterocycles. The number of fused-ring (bicyclic) bond motifs is 2. The van der Waals surface area contributed by atoms with E-state index in [0.717, 1.165) is 41.5 Å². The molecule has 9 atom stereocenters. The van der Waals surface area contributed by atoms with Gasteiger partial charge in [-0.3, -0.25) is 33.6 Å². The summed E-state index contributed by atoms with van der Waals surface area (Å²) >= 11 is 0. The Bertz CT molecular complexity index is 2810. The SMILES string of the molecule is CN[C@@H](C)C(=O)NC(C(=O)N1Cc2ccccc2C[C@H]1C(=O)N(Cc1ccc(C(=O)N[C@H]2C[C@@H](C(=O)N[C@@H]3CCCc4ccccc43)N(C(=O)[C@@H](NC(=O)[C@H](C)NC)C(C)(C)C)C2)cc1)[C@@H](COC)c1ccccc1)C(C)(C)C. The summed E-state index contributed by atoms with van der Waals surface area (Å²) < 4.78 is 5.82. The summed E-state index contributed by atoms with van der Waals surface area (Å²) in [5.74, 6) is -2.52. The van der Waals surface area contributed by atoms with Gasteiger partial charge >= 0.3 is 0 Å². The van der Waals surface area contributed by atoms with E-state index < -0.39 is 71.0 Å². The lowest BCUT2D eigenvalue weighted by atomic mass is 9.84. The van der Waals surface area contributed by atoms with E-state index in [9.17, 15) is 24.0 Å². The third-order valence-corrected chi connectivity index (χ3v) is 15.9. The molecule has 1 saturated heterocycles. The Balaban J connectivity index is 1.16. The molecule has 1 aliphatic carbocycles. The molecule has 17 nitrogen and oxygen atoms in total. The molecule has 7 amide bonds.